The van der Waals surface area contributed by atoms with Crippen molar-refractivity contribution in [2.45, 2.75) is 20.3 Å². The lowest BCUT2D eigenvalue weighted by Gasteiger charge is -2.10. The minimum atomic E-state index is 0.331. The molecule has 1 heterocycles. The minimum absolute atomic E-state index is 0.331. The van der Waals surface area contributed by atoms with Gasteiger partial charge in [-0.05, 0) is 13.3 Å². The van der Waals surface area contributed by atoms with Crippen LogP contribution in [-0.2, 0) is 4.74 Å². The highest BCUT2D eigenvalue weighted by atomic mass is 16.5. The van der Waals surface area contributed by atoms with Crippen LogP contribution in [0.1, 0.15) is 20.3 Å². The Balaban J connectivity index is 2.53. The summed E-state index contributed by atoms with van der Waals surface area (Å²) in [4.78, 5) is 7.90. The summed E-state index contributed by atoms with van der Waals surface area (Å²) >= 11 is 0. The summed E-state index contributed by atoms with van der Waals surface area (Å²) in [5.41, 5.74) is 6.15. The van der Waals surface area contributed by atoms with E-state index in [0.717, 1.165) is 6.42 Å². The molecule has 0 unspecified atom stereocenters. The zero-order valence-electron chi connectivity index (χ0n) is 10.3. The van der Waals surface area contributed by atoms with Crippen molar-refractivity contribution in [2.24, 2.45) is 0 Å². The van der Waals surface area contributed by atoms with E-state index in [-0.39, 0.29) is 0 Å². The van der Waals surface area contributed by atoms with Gasteiger partial charge in [0.25, 0.3) is 0 Å². The van der Waals surface area contributed by atoms with Gasteiger partial charge in [0.1, 0.15) is 12.9 Å². The molecule has 0 bridgehead atoms. The van der Waals surface area contributed by atoms with E-state index in [1.165, 1.54) is 6.33 Å². The lowest BCUT2D eigenvalue weighted by molar-refractivity contribution is 0.108. The van der Waals surface area contributed by atoms with Crippen molar-refractivity contribution < 1.29 is 14.2 Å². The molecule has 6 heteroatoms. The molecule has 0 aliphatic rings. The average Bonchev–Trinajstić information content (AvgIpc) is 2.35. The van der Waals surface area contributed by atoms with Crippen LogP contribution < -0.4 is 15.2 Å². The summed E-state index contributed by atoms with van der Waals surface area (Å²) in [5, 5.41) is 0. The zero-order chi connectivity index (χ0) is 12.5. The average molecular weight is 241 g/mol. The molecule has 1 rings (SSSR count). The summed E-state index contributed by atoms with van der Waals surface area (Å²) < 4.78 is 15.9. The number of ether oxygens (including phenoxy) is 3. The number of hydrogen-bond donors (Lipinski definition) is 1. The van der Waals surface area contributed by atoms with E-state index in [0.29, 0.717) is 43.9 Å². The molecule has 1 aromatic rings. The van der Waals surface area contributed by atoms with Gasteiger partial charge in [-0.2, -0.15) is 9.97 Å². The Kier molecular flexibility index (Phi) is 6.09. The van der Waals surface area contributed by atoms with Crippen molar-refractivity contribution in [1.82, 2.24) is 9.97 Å². The second-order valence-electron chi connectivity index (χ2n) is 3.29. The number of nitrogen functional groups attached to an aromatic ring is 1. The number of nitrogens with zero attached hydrogens (tertiary/aromatic N) is 2. The molecular formula is C11H19N3O3. The van der Waals surface area contributed by atoms with E-state index in [4.69, 9.17) is 19.9 Å². The third-order valence-corrected chi connectivity index (χ3v) is 1.92. The van der Waals surface area contributed by atoms with Gasteiger partial charge in [0.2, 0.25) is 11.8 Å². The van der Waals surface area contributed by atoms with E-state index in [1.54, 1.807) is 0 Å². The third kappa shape index (κ3) is 4.44. The fourth-order valence-corrected chi connectivity index (χ4v) is 1.13. The highest BCUT2D eigenvalue weighted by Gasteiger charge is 2.09. The molecule has 6 nitrogen and oxygen atoms in total. The van der Waals surface area contributed by atoms with Gasteiger partial charge >= 0.3 is 0 Å². The molecule has 0 aliphatic heterocycles. The Hall–Kier alpha value is -1.56. The molecule has 2 N–H and O–H groups in total. The summed E-state index contributed by atoms with van der Waals surface area (Å²) in [7, 11) is 0. The van der Waals surface area contributed by atoms with Crippen molar-refractivity contribution in [3.05, 3.63) is 6.33 Å². The van der Waals surface area contributed by atoms with Crippen LogP contribution in [0.25, 0.3) is 0 Å². The summed E-state index contributed by atoms with van der Waals surface area (Å²) in [5.74, 6) is 0.707. The van der Waals surface area contributed by atoms with Gasteiger partial charge in [-0.3, -0.25) is 0 Å². The maximum Gasteiger partial charge on any atom is 0.244 e. The quantitative estimate of drug-likeness (QED) is 0.690. The molecule has 0 saturated heterocycles. The van der Waals surface area contributed by atoms with Crippen molar-refractivity contribution in [3.63, 3.8) is 0 Å². The Bertz CT molecular complexity index is 334. The van der Waals surface area contributed by atoms with Crippen LogP contribution in [-0.4, -0.2) is 36.4 Å². The zero-order valence-corrected chi connectivity index (χ0v) is 10.3. The first-order valence-corrected chi connectivity index (χ1v) is 5.73. The fourth-order valence-electron chi connectivity index (χ4n) is 1.13. The molecule has 0 spiro atoms. The molecule has 1 aromatic heterocycles. The van der Waals surface area contributed by atoms with Crippen LogP contribution in [0.2, 0.25) is 0 Å². The van der Waals surface area contributed by atoms with E-state index in [2.05, 4.69) is 9.97 Å². The topological polar surface area (TPSA) is 79.5 Å². The molecule has 0 amide bonds. The minimum Gasteiger partial charge on any atom is -0.476 e. The molecule has 0 aromatic carbocycles. The van der Waals surface area contributed by atoms with Crippen LogP contribution in [0.5, 0.6) is 11.8 Å². The van der Waals surface area contributed by atoms with Gasteiger partial charge in [-0.15, -0.1) is 0 Å². The van der Waals surface area contributed by atoms with Crippen LogP contribution in [0.4, 0.5) is 5.69 Å². The Morgan fingerprint density at radius 2 is 1.71 bits per heavy atom. The second kappa shape index (κ2) is 7.67. The lowest BCUT2D eigenvalue weighted by Crippen LogP contribution is -2.10. The predicted octanol–water partition coefficient (Wildman–Crippen LogP) is 1.26. The summed E-state index contributed by atoms with van der Waals surface area (Å²) in [6, 6.07) is 0. The van der Waals surface area contributed by atoms with Gasteiger partial charge < -0.3 is 19.9 Å². The molecule has 17 heavy (non-hydrogen) atoms. The van der Waals surface area contributed by atoms with E-state index in [9.17, 15) is 0 Å². The molecular weight excluding hydrogens is 222 g/mol. The van der Waals surface area contributed by atoms with Crippen LogP contribution in [0.3, 0.4) is 0 Å². The van der Waals surface area contributed by atoms with Crippen molar-refractivity contribution in [3.8, 4) is 11.8 Å². The molecule has 0 radical (unpaired) electrons. The third-order valence-electron chi connectivity index (χ3n) is 1.92. The van der Waals surface area contributed by atoms with Crippen LogP contribution >= 0.6 is 0 Å². The van der Waals surface area contributed by atoms with Crippen LogP contribution in [0.15, 0.2) is 6.33 Å². The van der Waals surface area contributed by atoms with Gasteiger partial charge in [0, 0.05) is 6.61 Å². The predicted molar refractivity (Wildman–Crippen MR) is 64.2 cm³/mol. The first kappa shape index (κ1) is 13.5. The van der Waals surface area contributed by atoms with Gasteiger partial charge in [0.05, 0.1) is 13.2 Å². The van der Waals surface area contributed by atoms with E-state index >= 15 is 0 Å². The summed E-state index contributed by atoms with van der Waals surface area (Å²) in [6.07, 6.45) is 2.27. The monoisotopic (exact) mass is 241 g/mol. The Morgan fingerprint density at radius 3 is 2.29 bits per heavy atom. The number of hydrogen-bond acceptors (Lipinski definition) is 6. The number of aromatic nitrogens is 2. The molecule has 0 atom stereocenters. The van der Waals surface area contributed by atoms with Crippen molar-refractivity contribution >= 4 is 5.69 Å². The highest BCUT2D eigenvalue weighted by molar-refractivity contribution is 5.55. The highest BCUT2D eigenvalue weighted by Crippen LogP contribution is 2.26. The largest absolute Gasteiger partial charge is 0.476 e. The number of anilines is 1. The molecule has 0 fully saturated rings. The van der Waals surface area contributed by atoms with E-state index < -0.39 is 0 Å². The maximum atomic E-state index is 5.82. The van der Waals surface area contributed by atoms with Crippen molar-refractivity contribution in [1.29, 1.82) is 0 Å². The first-order valence-electron chi connectivity index (χ1n) is 5.73. The normalized spacial score (nSPS) is 10.2. The Morgan fingerprint density at radius 1 is 1.06 bits per heavy atom. The van der Waals surface area contributed by atoms with Crippen molar-refractivity contribution in [2.75, 3.05) is 32.2 Å². The SMILES string of the molecule is CCCOc1ncnc(OCCOCC)c1N. The van der Waals surface area contributed by atoms with Crippen LogP contribution in [0, 0.1) is 0 Å². The molecule has 0 aliphatic carbocycles. The lowest BCUT2D eigenvalue weighted by atomic mass is 10.5. The number of rotatable bonds is 8. The van der Waals surface area contributed by atoms with Gasteiger partial charge in [-0.1, -0.05) is 6.92 Å². The summed E-state index contributed by atoms with van der Waals surface area (Å²) in [6.45, 7) is 6.08. The molecule has 0 saturated carbocycles. The fraction of sp³-hybridized carbons (Fsp3) is 0.636. The smallest absolute Gasteiger partial charge is 0.244 e. The van der Waals surface area contributed by atoms with Gasteiger partial charge in [-0.25, -0.2) is 0 Å². The first-order chi connectivity index (χ1) is 8.29. The maximum absolute atomic E-state index is 5.82. The Labute approximate surface area is 101 Å². The second-order valence-corrected chi connectivity index (χ2v) is 3.29. The van der Waals surface area contributed by atoms with Gasteiger partial charge in [0.15, 0.2) is 5.69 Å². The number of nitrogens with two attached hydrogens (primary N) is 1. The molecule has 96 valence electrons. The van der Waals surface area contributed by atoms with E-state index in [1.807, 2.05) is 13.8 Å². The standard InChI is InChI=1S/C11H19N3O3/c1-3-5-16-10-9(12)11(14-8-13-10)17-7-6-15-4-2/h8H,3-7,12H2,1-2H3.